The topological polar surface area (TPSA) is 62.3 Å². The fourth-order valence-corrected chi connectivity index (χ4v) is 3.90. The van der Waals surface area contributed by atoms with E-state index in [0.29, 0.717) is 6.61 Å². The lowest BCUT2D eigenvalue weighted by Crippen LogP contribution is -2.38. The molecule has 1 unspecified atom stereocenters. The highest BCUT2D eigenvalue weighted by Gasteiger charge is 2.41. The lowest BCUT2D eigenvalue weighted by molar-refractivity contribution is -0.149. The second kappa shape index (κ2) is 6.05. The number of carboxylic acid groups (broad SMARTS) is 1. The van der Waals surface area contributed by atoms with Crippen molar-refractivity contribution in [2.45, 2.75) is 44.6 Å². The van der Waals surface area contributed by atoms with E-state index in [0.717, 1.165) is 41.4 Å². The number of hydrogen-bond acceptors (Lipinski definition) is 2. The van der Waals surface area contributed by atoms with Crippen LogP contribution in [0.25, 0.3) is 10.9 Å². The van der Waals surface area contributed by atoms with Crippen LogP contribution in [0.1, 0.15) is 43.9 Å². The molecule has 3 rings (SSSR count). The monoisotopic (exact) mass is 365 g/mol. The molecule has 2 heterocycles. The van der Waals surface area contributed by atoms with Crippen LogP contribution in [0.15, 0.2) is 22.7 Å². The maximum absolute atomic E-state index is 11.4. The minimum atomic E-state index is -0.818. The van der Waals surface area contributed by atoms with Crippen LogP contribution in [0.5, 0.6) is 0 Å². The molecule has 118 valence electrons. The number of para-hydroxylation sites is 1. The molecule has 2 aromatic rings. The fourth-order valence-electron chi connectivity index (χ4n) is 3.44. The van der Waals surface area contributed by atoms with Gasteiger partial charge in [-0.05, 0) is 40.4 Å². The summed E-state index contributed by atoms with van der Waals surface area (Å²) in [7, 11) is 0. The molecule has 22 heavy (non-hydrogen) atoms. The molecule has 1 aromatic heterocycles. The summed E-state index contributed by atoms with van der Waals surface area (Å²) in [6.45, 7) is 2.68. The third-order valence-electron chi connectivity index (χ3n) is 4.45. The second-order valence-corrected chi connectivity index (χ2v) is 6.76. The number of hydrogen-bond donors (Lipinski definition) is 2. The van der Waals surface area contributed by atoms with E-state index >= 15 is 0 Å². The molecule has 4 nitrogen and oxygen atoms in total. The highest BCUT2D eigenvalue weighted by Crippen LogP contribution is 2.43. The number of halogens is 1. The lowest BCUT2D eigenvalue weighted by Gasteiger charge is -2.36. The minimum absolute atomic E-state index is 0.00441. The van der Waals surface area contributed by atoms with Gasteiger partial charge in [-0.2, -0.15) is 0 Å². The van der Waals surface area contributed by atoms with Crippen molar-refractivity contribution in [1.82, 2.24) is 4.98 Å². The molecule has 0 aliphatic carbocycles. The van der Waals surface area contributed by atoms with Crippen LogP contribution in [0, 0.1) is 0 Å². The number of carboxylic acids is 1. The van der Waals surface area contributed by atoms with Crippen molar-refractivity contribution in [3.8, 4) is 0 Å². The minimum Gasteiger partial charge on any atom is -0.481 e. The van der Waals surface area contributed by atoms with Gasteiger partial charge in [0.1, 0.15) is 5.60 Å². The maximum atomic E-state index is 11.4. The molecule has 1 atom stereocenters. The third kappa shape index (κ3) is 2.57. The SMILES string of the molecule is CCCCC1(CC(=O)O)OCCc2c1[nH]c1c(Br)cccc21. The van der Waals surface area contributed by atoms with E-state index in [-0.39, 0.29) is 6.42 Å². The number of H-pyrrole nitrogens is 1. The summed E-state index contributed by atoms with van der Waals surface area (Å²) in [6, 6.07) is 6.10. The Balaban J connectivity index is 2.17. The highest BCUT2D eigenvalue weighted by molar-refractivity contribution is 9.10. The Morgan fingerprint density at radius 2 is 2.32 bits per heavy atom. The quantitative estimate of drug-likeness (QED) is 0.826. The zero-order chi connectivity index (χ0) is 15.7. The van der Waals surface area contributed by atoms with E-state index in [1.807, 2.05) is 12.1 Å². The van der Waals surface area contributed by atoms with Gasteiger partial charge in [0.05, 0.1) is 24.2 Å². The van der Waals surface area contributed by atoms with E-state index < -0.39 is 11.6 Å². The van der Waals surface area contributed by atoms with E-state index in [2.05, 4.69) is 33.9 Å². The molecule has 0 spiro atoms. The van der Waals surface area contributed by atoms with Gasteiger partial charge < -0.3 is 14.8 Å². The average molecular weight is 366 g/mol. The van der Waals surface area contributed by atoms with Crippen molar-refractivity contribution < 1.29 is 14.6 Å². The highest BCUT2D eigenvalue weighted by atomic mass is 79.9. The van der Waals surface area contributed by atoms with Crippen molar-refractivity contribution in [3.05, 3.63) is 33.9 Å². The molecule has 0 radical (unpaired) electrons. The molecule has 2 N–H and O–H groups in total. The maximum Gasteiger partial charge on any atom is 0.306 e. The molecule has 5 heteroatoms. The number of rotatable bonds is 5. The van der Waals surface area contributed by atoms with Crippen LogP contribution in [-0.2, 0) is 21.6 Å². The van der Waals surface area contributed by atoms with Crippen molar-refractivity contribution in [2.75, 3.05) is 6.61 Å². The number of aromatic nitrogens is 1. The summed E-state index contributed by atoms with van der Waals surface area (Å²) in [5, 5.41) is 10.5. The van der Waals surface area contributed by atoms with Crippen LogP contribution < -0.4 is 0 Å². The van der Waals surface area contributed by atoms with Crippen LogP contribution in [0.3, 0.4) is 0 Å². The molecule has 0 bridgehead atoms. The summed E-state index contributed by atoms with van der Waals surface area (Å²) in [5.74, 6) is -0.818. The number of ether oxygens (including phenoxy) is 1. The molecular formula is C17H20BrNO3. The number of nitrogens with one attached hydrogen (secondary N) is 1. The van der Waals surface area contributed by atoms with Gasteiger partial charge >= 0.3 is 5.97 Å². The molecule has 0 amide bonds. The predicted molar refractivity (Wildman–Crippen MR) is 89.1 cm³/mol. The molecule has 0 saturated carbocycles. The Morgan fingerprint density at radius 3 is 3.05 bits per heavy atom. The van der Waals surface area contributed by atoms with Gasteiger partial charge in [-0.1, -0.05) is 31.9 Å². The number of aromatic amines is 1. The molecule has 1 aliphatic rings. The molecule has 1 aliphatic heterocycles. The summed E-state index contributed by atoms with van der Waals surface area (Å²) in [5.41, 5.74) is 2.47. The van der Waals surface area contributed by atoms with Gasteiger partial charge in [0.25, 0.3) is 0 Å². The molecule has 1 aromatic carbocycles. The molecule has 0 fully saturated rings. The van der Waals surface area contributed by atoms with Crippen molar-refractivity contribution >= 4 is 32.8 Å². The number of carbonyl (C=O) groups is 1. The lowest BCUT2D eigenvalue weighted by atomic mass is 9.84. The Labute approximate surface area is 138 Å². The van der Waals surface area contributed by atoms with E-state index in [1.54, 1.807) is 0 Å². The summed E-state index contributed by atoms with van der Waals surface area (Å²) >= 11 is 3.58. The average Bonchev–Trinajstić information content (AvgIpc) is 2.87. The van der Waals surface area contributed by atoms with Crippen LogP contribution in [-0.4, -0.2) is 22.7 Å². The fraction of sp³-hybridized carbons (Fsp3) is 0.471. The standard InChI is InChI=1S/C17H20BrNO3/c1-2-3-8-17(10-14(20)21)16-12(7-9-22-17)11-5-4-6-13(18)15(11)19-16/h4-6,19H,2-3,7-10H2,1H3,(H,20,21). The third-order valence-corrected chi connectivity index (χ3v) is 5.11. The molecule has 0 saturated heterocycles. The number of unbranched alkanes of at least 4 members (excludes halogenated alkanes) is 1. The zero-order valence-electron chi connectivity index (χ0n) is 12.6. The largest absolute Gasteiger partial charge is 0.481 e. The van der Waals surface area contributed by atoms with Gasteiger partial charge in [0.15, 0.2) is 0 Å². The Kier molecular flexibility index (Phi) is 4.28. The van der Waals surface area contributed by atoms with Gasteiger partial charge in [-0.3, -0.25) is 4.79 Å². The van der Waals surface area contributed by atoms with Gasteiger partial charge in [0, 0.05) is 9.86 Å². The number of fused-ring (bicyclic) bond motifs is 3. The van der Waals surface area contributed by atoms with Crippen molar-refractivity contribution in [1.29, 1.82) is 0 Å². The molecular weight excluding hydrogens is 346 g/mol. The first kappa shape index (κ1) is 15.6. The van der Waals surface area contributed by atoms with E-state index in [9.17, 15) is 9.90 Å². The van der Waals surface area contributed by atoms with Gasteiger partial charge in [-0.25, -0.2) is 0 Å². The first-order chi connectivity index (χ1) is 10.6. The van der Waals surface area contributed by atoms with Crippen molar-refractivity contribution in [2.24, 2.45) is 0 Å². The van der Waals surface area contributed by atoms with E-state index in [4.69, 9.17) is 4.74 Å². The number of aliphatic carboxylic acids is 1. The van der Waals surface area contributed by atoms with Crippen LogP contribution in [0.4, 0.5) is 0 Å². The predicted octanol–water partition coefficient (Wildman–Crippen LogP) is 4.36. The van der Waals surface area contributed by atoms with Crippen LogP contribution in [0.2, 0.25) is 0 Å². The van der Waals surface area contributed by atoms with Gasteiger partial charge in [-0.15, -0.1) is 0 Å². The van der Waals surface area contributed by atoms with Crippen LogP contribution >= 0.6 is 15.9 Å². The smallest absolute Gasteiger partial charge is 0.306 e. The second-order valence-electron chi connectivity index (χ2n) is 5.91. The summed E-state index contributed by atoms with van der Waals surface area (Å²) in [4.78, 5) is 14.9. The number of benzene rings is 1. The summed E-state index contributed by atoms with van der Waals surface area (Å²) < 4.78 is 7.05. The van der Waals surface area contributed by atoms with Gasteiger partial charge in [0.2, 0.25) is 0 Å². The Hall–Kier alpha value is -1.33. The summed E-state index contributed by atoms with van der Waals surface area (Å²) in [6.07, 6.45) is 3.52. The Bertz CT molecular complexity index is 709. The normalized spacial score (nSPS) is 21.0. The first-order valence-corrected chi connectivity index (χ1v) is 8.52. The first-order valence-electron chi connectivity index (χ1n) is 7.72. The van der Waals surface area contributed by atoms with E-state index in [1.165, 1.54) is 10.9 Å². The Morgan fingerprint density at radius 1 is 1.50 bits per heavy atom. The van der Waals surface area contributed by atoms with Crippen molar-refractivity contribution in [3.63, 3.8) is 0 Å². The zero-order valence-corrected chi connectivity index (χ0v) is 14.2.